The largest absolute Gasteiger partial charge is 0.269 e. The molecule has 1 aromatic carbocycles. The van der Waals surface area contributed by atoms with Crippen molar-refractivity contribution in [1.82, 2.24) is 0 Å². The molecule has 0 spiro atoms. The van der Waals surface area contributed by atoms with Gasteiger partial charge in [0.2, 0.25) is 0 Å². The van der Waals surface area contributed by atoms with E-state index < -0.39 is 4.92 Å². The second kappa shape index (κ2) is 3.85. The summed E-state index contributed by atoms with van der Waals surface area (Å²) in [6, 6.07) is 6.42. The standard InChI is InChI=1S/C10H10NO2/c1-3-8(2)9-5-4-6-10(7-9)11(12)13/h3-8H,1-2H2. The molecular weight excluding hydrogens is 166 g/mol. The lowest BCUT2D eigenvalue weighted by Crippen LogP contribution is -1.92. The Kier molecular flexibility index (Phi) is 2.80. The second-order valence-corrected chi connectivity index (χ2v) is 2.69. The van der Waals surface area contributed by atoms with Crippen LogP contribution >= 0.6 is 0 Å². The summed E-state index contributed by atoms with van der Waals surface area (Å²) in [6.45, 7) is 7.37. The molecule has 1 unspecified atom stereocenters. The number of nitrogens with zero attached hydrogens (tertiary/aromatic N) is 1. The average molecular weight is 176 g/mol. The fraction of sp³-hybridized carbons (Fsp3) is 0.100. The van der Waals surface area contributed by atoms with E-state index >= 15 is 0 Å². The van der Waals surface area contributed by atoms with E-state index in [9.17, 15) is 10.1 Å². The second-order valence-electron chi connectivity index (χ2n) is 2.69. The van der Waals surface area contributed by atoms with Crippen LogP contribution in [0.15, 0.2) is 36.9 Å². The van der Waals surface area contributed by atoms with Crippen LogP contribution in [0.1, 0.15) is 11.5 Å². The Morgan fingerprint density at radius 1 is 1.54 bits per heavy atom. The van der Waals surface area contributed by atoms with Gasteiger partial charge in [0.25, 0.3) is 5.69 Å². The minimum atomic E-state index is -0.417. The van der Waals surface area contributed by atoms with Crippen LogP contribution in [0.2, 0.25) is 0 Å². The van der Waals surface area contributed by atoms with Gasteiger partial charge in [-0.2, -0.15) is 0 Å². The number of nitro groups is 1. The van der Waals surface area contributed by atoms with Crippen LogP contribution in [0.25, 0.3) is 0 Å². The van der Waals surface area contributed by atoms with Gasteiger partial charge in [-0.05, 0) is 12.5 Å². The van der Waals surface area contributed by atoms with Crippen molar-refractivity contribution in [2.75, 3.05) is 0 Å². The summed E-state index contributed by atoms with van der Waals surface area (Å²) >= 11 is 0. The molecule has 1 radical (unpaired) electrons. The predicted octanol–water partition coefficient (Wildman–Crippen LogP) is 2.70. The van der Waals surface area contributed by atoms with Gasteiger partial charge in [-0.3, -0.25) is 10.1 Å². The van der Waals surface area contributed by atoms with Crippen LogP contribution in [0.4, 0.5) is 5.69 Å². The Hall–Kier alpha value is -1.64. The maximum atomic E-state index is 10.4. The molecule has 0 aliphatic carbocycles. The van der Waals surface area contributed by atoms with E-state index in [2.05, 4.69) is 13.5 Å². The van der Waals surface area contributed by atoms with Gasteiger partial charge in [0.15, 0.2) is 0 Å². The first kappa shape index (κ1) is 9.45. The van der Waals surface area contributed by atoms with E-state index in [-0.39, 0.29) is 11.6 Å². The highest BCUT2D eigenvalue weighted by atomic mass is 16.6. The van der Waals surface area contributed by atoms with Crippen molar-refractivity contribution in [3.63, 3.8) is 0 Å². The molecule has 0 saturated carbocycles. The molecule has 3 heteroatoms. The van der Waals surface area contributed by atoms with E-state index in [1.165, 1.54) is 12.1 Å². The van der Waals surface area contributed by atoms with Gasteiger partial charge in [-0.15, -0.1) is 6.58 Å². The number of hydrogen-bond donors (Lipinski definition) is 0. The first-order chi connectivity index (χ1) is 6.15. The van der Waals surface area contributed by atoms with Gasteiger partial charge in [-0.25, -0.2) is 0 Å². The van der Waals surface area contributed by atoms with Crippen molar-refractivity contribution in [3.8, 4) is 0 Å². The quantitative estimate of drug-likeness (QED) is 0.403. The number of hydrogen-bond acceptors (Lipinski definition) is 2. The van der Waals surface area contributed by atoms with Crippen LogP contribution in [0.3, 0.4) is 0 Å². The summed E-state index contributed by atoms with van der Waals surface area (Å²) in [6.07, 6.45) is 1.65. The summed E-state index contributed by atoms with van der Waals surface area (Å²) in [5.41, 5.74) is 0.900. The molecule has 0 saturated heterocycles. The first-order valence-electron chi connectivity index (χ1n) is 3.85. The monoisotopic (exact) mass is 176 g/mol. The number of nitro benzene ring substituents is 1. The summed E-state index contributed by atoms with van der Waals surface area (Å²) in [5, 5.41) is 10.4. The molecule has 0 N–H and O–H groups in total. The molecule has 67 valence electrons. The molecule has 0 fully saturated rings. The van der Waals surface area contributed by atoms with Crippen molar-refractivity contribution in [1.29, 1.82) is 0 Å². The summed E-state index contributed by atoms with van der Waals surface area (Å²) in [4.78, 5) is 10.0. The Morgan fingerprint density at radius 3 is 2.77 bits per heavy atom. The fourth-order valence-corrected chi connectivity index (χ4v) is 1.01. The Morgan fingerprint density at radius 2 is 2.23 bits per heavy atom. The zero-order chi connectivity index (χ0) is 9.84. The first-order valence-corrected chi connectivity index (χ1v) is 3.85. The maximum Gasteiger partial charge on any atom is 0.269 e. The van der Waals surface area contributed by atoms with Gasteiger partial charge in [0.1, 0.15) is 0 Å². The lowest BCUT2D eigenvalue weighted by molar-refractivity contribution is -0.384. The van der Waals surface area contributed by atoms with Crippen molar-refractivity contribution < 1.29 is 4.92 Å². The number of benzene rings is 1. The SMILES string of the molecule is [CH2]C(C=C)c1cccc([N+](=O)[O-])c1. The maximum absolute atomic E-state index is 10.4. The normalized spacial score (nSPS) is 12.1. The molecule has 1 atom stereocenters. The lowest BCUT2D eigenvalue weighted by atomic mass is 10.0. The van der Waals surface area contributed by atoms with Crippen LogP contribution < -0.4 is 0 Å². The van der Waals surface area contributed by atoms with E-state index in [4.69, 9.17) is 0 Å². The van der Waals surface area contributed by atoms with Crippen molar-refractivity contribution in [3.05, 3.63) is 59.5 Å². The number of allylic oxidation sites excluding steroid dienone is 1. The molecule has 3 nitrogen and oxygen atoms in total. The third-order valence-corrected chi connectivity index (χ3v) is 1.79. The van der Waals surface area contributed by atoms with Crippen LogP contribution in [0.5, 0.6) is 0 Å². The molecular formula is C10H10NO2. The molecule has 0 aliphatic heterocycles. The molecule has 1 aromatic rings. The third kappa shape index (κ3) is 2.15. The predicted molar refractivity (Wildman–Crippen MR) is 51.4 cm³/mol. The van der Waals surface area contributed by atoms with Gasteiger partial charge >= 0.3 is 0 Å². The van der Waals surface area contributed by atoms with E-state index in [1.54, 1.807) is 18.2 Å². The minimum Gasteiger partial charge on any atom is -0.258 e. The van der Waals surface area contributed by atoms with E-state index in [1.807, 2.05) is 0 Å². The summed E-state index contributed by atoms with van der Waals surface area (Å²) in [7, 11) is 0. The molecule has 13 heavy (non-hydrogen) atoms. The summed E-state index contributed by atoms with van der Waals surface area (Å²) in [5.74, 6) is -0.0973. The molecule has 0 aliphatic rings. The molecule has 0 amide bonds. The van der Waals surface area contributed by atoms with Crippen LogP contribution in [-0.4, -0.2) is 4.92 Å². The zero-order valence-corrected chi connectivity index (χ0v) is 7.14. The van der Waals surface area contributed by atoms with Crippen molar-refractivity contribution in [2.24, 2.45) is 0 Å². The minimum absolute atomic E-state index is 0.0907. The molecule has 0 heterocycles. The van der Waals surface area contributed by atoms with Gasteiger partial charge in [-0.1, -0.05) is 18.2 Å². The summed E-state index contributed by atoms with van der Waals surface area (Å²) < 4.78 is 0. The molecule has 1 rings (SSSR count). The molecule has 0 bridgehead atoms. The third-order valence-electron chi connectivity index (χ3n) is 1.79. The Bertz CT molecular complexity index is 333. The van der Waals surface area contributed by atoms with Crippen molar-refractivity contribution in [2.45, 2.75) is 5.92 Å². The van der Waals surface area contributed by atoms with Gasteiger partial charge < -0.3 is 0 Å². The van der Waals surface area contributed by atoms with Gasteiger partial charge in [0, 0.05) is 18.1 Å². The fourth-order valence-electron chi connectivity index (χ4n) is 1.01. The highest BCUT2D eigenvalue weighted by Crippen LogP contribution is 2.20. The van der Waals surface area contributed by atoms with Crippen LogP contribution in [-0.2, 0) is 0 Å². The average Bonchev–Trinajstić information content (AvgIpc) is 2.17. The van der Waals surface area contributed by atoms with Crippen molar-refractivity contribution >= 4 is 5.69 Å². The topological polar surface area (TPSA) is 43.1 Å². The van der Waals surface area contributed by atoms with Crippen LogP contribution in [0, 0.1) is 17.0 Å². The lowest BCUT2D eigenvalue weighted by Gasteiger charge is -2.04. The zero-order valence-electron chi connectivity index (χ0n) is 7.14. The number of non-ortho nitro benzene ring substituents is 1. The van der Waals surface area contributed by atoms with Gasteiger partial charge in [0.05, 0.1) is 4.92 Å². The molecule has 0 aromatic heterocycles. The highest BCUT2D eigenvalue weighted by Gasteiger charge is 2.07. The van der Waals surface area contributed by atoms with E-state index in [0.717, 1.165) is 5.56 Å². The smallest absolute Gasteiger partial charge is 0.258 e. The Labute approximate surface area is 76.9 Å². The van der Waals surface area contributed by atoms with E-state index in [0.29, 0.717) is 0 Å². The Balaban J connectivity index is 3.04. The highest BCUT2D eigenvalue weighted by molar-refractivity contribution is 5.37. The number of rotatable bonds is 3.